The molecule has 4 rings (SSSR count). The zero-order valence-electron chi connectivity index (χ0n) is 19.4. The minimum Gasteiger partial charge on any atom is -0.390 e. The minimum absolute atomic E-state index is 0.0987. The van der Waals surface area contributed by atoms with E-state index in [1.54, 1.807) is 13.8 Å². The molecule has 1 amide bonds. The third kappa shape index (κ3) is 5.99. The third-order valence-corrected chi connectivity index (χ3v) is 5.88. The van der Waals surface area contributed by atoms with E-state index in [2.05, 4.69) is 25.9 Å². The molecule has 35 heavy (non-hydrogen) atoms. The summed E-state index contributed by atoms with van der Waals surface area (Å²) < 4.78 is 39.6. The number of rotatable bonds is 8. The maximum Gasteiger partial charge on any atom is 0.416 e. The van der Waals surface area contributed by atoms with Gasteiger partial charge in [0.15, 0.2) is 0 Å². The van der Waals surface area contributed by atoms with E-state index in [0.717, 1.165) is 18.3 Å². The molecule has 2 fully saturated rings. The number of hydrogen-bond donors (Lipinski definition) is 5. The van der Waals surface area contributed by atoms with E-state index in [1.165, 1.54) is 12.1 Å². The summed E-state index contributed by atoms with van der Waals surface area (Å²) in [5.41, 5.74) is -1.12. The lowest BCUT2D eigenvalue weighted by atomic mass is 9.87. The van der Waals surface area contributed by atoms with E-state index < -0.39 is 17.3 Å². The first-order chi connectivity index (χ1) is 16.4. The Labute approximate surface area is 200 Å². The fraction of sp³-hybridized carbons (Fsp3) is 0.478. The highest BCUT2D eigenvalue weighted by molar-refractivity contribution is 5.93. The summed E-state index contributed by atoms with van der Waals surface area (Å²) in [5.74, 6) is 0.966. The van der Waals surface area contributed by atoms with Gasteiger partial charge >= 0.3 is 6.18 Å². The third-order valence-electron chi connectivity index (χ3n) is 5.88. The van der Waals surface area contributed by atoms with Gasteiger partial charge in [-0.05, 0) is 44.4 Å². The van der Waals surface area contributed by atoms with Crippen LogP contribution in [0.15, 0.2) is 24.3 Å². The Morgan fingerprint density at radius 1 is 1.29 bits per heavy atom. The van der Waals surface area contributed by atoms with Crippen molar-refractivity contribution in [3.63, 3.8) is 0 Å². The number of alkyl halides is 3. The monoisotopic (exact) mass is 491 g/mol. The number of nitrogens with one attached hydrogen (secondary N) is 4. The Bertz CT molecular complexity index is 1110. The van der Waals surface area contributed by atoms with E-state index in [1.807, 2.05) is 4.90 Å². The van der Waals surface area contributed by atoms with Gasteiger partial charge in [-0.15, -0.1) is 0 Å². The second-order valence-corrected chi connectivity index (χ2v) is 9.62. The predicted octanol–water partition coefficient (Wildman–Crippen LogP) is 3.13. The van der Waals surface area contributed by atoms with Gasteiger partial charge in [-0.3, -0.25) is 4.79 Å². The molecule has 0 aliphatic carbocycles. The van der Waals surface area contributed by atoms with Gasteiger partial charge in [-0.2, -0.15) is 23.1 Å². The molecule has 2 aliphatic heterocycles. The average Bonchev–Trinajstić information content (AvgIpc) is 3.13. The van der Waals surface area contributed by atoms with Crippen molar-refractivity contribution in [2.24, 2.45) is 5.92 Å². The Balaban J connectivity index is 1.65. The Hall–Kier alpha value is -3.41. The van der Waals surface area contributed by atoms with Gasteiger partial charge in [0.2, 0.25) is 11.9 Å². The summed E-state index contributed by atoms with van der Waals surface area (Å²) in [5, 5.41) is 26.8. The van der Waals surface area contributed by atoms with Crippen molar-refractivity contribution >= 4 is 35.4 Å². The van der Waals surface area contributed by atoms with Crippen LogP contribution in [0.5, 0.6) is 0 Å². The number of carbonyl (C=O) groups excluding carboxylic acids is 1. The standard InChI is InChI=1S/C23H28F3N7O2/c1-22(2,35)8-13-11-33(12-13)20-17(9-27)19(29-15-5-3-4-14(6-15)23(24,25)26)31-21(32-20)30-16-7-18(34)28-10-16/h3-6,9,13,16,27,35H,7-8,10-12H2,1-2H3,(H,28,34)(H2,29,30,31,32)/t16-/m0/s1. The van der Waals surface area contributed by atoms with E-state index >= 15 is 0 Å². The number of anilines is 4. The molecule has 3 heterocycles. The van der Waals surface area contributed by atoms with Gasteiger partial charge < -0.3 is 31.4 Å². The molecule has 1 atom stereocenters. The minimum atomic E-state index is -4.50. The summed E-state index contributed by atoms with van der Waals surface area (Å²) in [4.78, 5) is 22.5. The molecule has 2 aliphatic rings. The summed E-state index contributed by atoms with van der Waals surface area (Å²) in [6, 6.07) is 4.50. The summed E-state index contributed by atoms with van der Waals surface area (Å²) in [7, 11) is 0. The molecule has 12 heteroatoms. The van der Waals surface area contributed by atoms with Crippen LogP contribution in [0.3, 0.4) is 0 Å². The smallest absolute Gasteiger partial charge is 0.390 e. The molecule has 0 saturated carbocycles. The first-order valence-electron chi connectivity index (χ1n) is 11.3. The molecular weight excluding hydrogens is 463 g/mol. The van der Waals surface area contributed by atoms with Crippen molar-refractivity contribution in [3.05, 3.63) is 35.4 Å². The largest absolute Gasteiger partial charge is 0.416 e. The van der Waals surface area contributed by atoms with Crippen LogP contribution in [-0.2, 0) is 11.0 Å². The molecular formula is C23H28F3N7O2. The fourth-order valence-corrected chi connectivity index (χ4v) is 4.37. The zero-order chi connectivity index (χ0) is 25.4. The SMILES string of the molecule is CC(C)(O)CC1CN(c2nc(N[C@@H]3CNC(=O)C3)nc(Nc3cccc(C(F)(F)F)c3)c2C=N)C1. The van der Waals surface area contributed by atoms with Crippen LogP contribution in [0.1, 0.15) is 37.8 Å². The van der Waals surface area contributed by atoms with Crippen LogP contribution in [-0.4, -0.2) is 58.5 Å². The molecule has 5 N–H and O–H groups in total. The summed E-state index contributed by atoms with van der Waals surface area (Å²) >= 11 is 0. The number of hydrogen-bond acceptors (Lipinski definition) is 8. The van der Waals surface area contributed by atoms with E-state index in [9.17, 15) is 23.1 Å². The van der Waals surface area contributed by atoms with Crippen molar-refractivity contribution in [3.8, 4) is 0 Å². The second-order valence-electron chi connectivity index (χ2n) is 9.62. The topological polar surface area (TPSA) is 126 Å². The van der Waals surface area contributed by atoms with Gasteiger partial charge in [0.1, 0.15) is 11.6 Å². The van der Waals surface area contributed by atoms with Crippen LogP contribution >= 0.6 is 0 Å². The first kappa shape index (κ1) is 24.7. The lowest BCUT2D eigenvalue weighted by Crippen LogP contribution is -2.50. The molecule has 2 saturated heterocycles. The van der Waals surface area contributed by atoms with E-state index in [0.29, 0.717) is 37.4 Å². The van der Waals surface area contributed by atoms with Crippen LogP contribution in [0.4, 0.5) is 36.4 Å². The highest BCUT2D eigenvalue weighted by Crippen LogP contribution is 2.35. The normalized spacial score (nSPS) is 18.7. The quantitative estimate of drug-likeness (QED) is 0.359. The lowest BCUT2D eigenvalue weighted by Gasteiger charge is -2.43. The number of nitrogens with zero attached hydrogens (tertiary/aromatic N) is 3. The number of halogens is 3. The van der Waals surface area contributed by atoms with E-state index in [4.69, 9.17) is 5.41 Å². The van der Waals surface area contributed by atoms with Crippen LogP contribution < -0.4 is 20.9 Å². The van der Waals surface area contributed by atoms with Gasteiger partial charge in [0.05, 0.1) is 22.8 Å². The zero-order valence-corrected chi connectivity index (χ0v) is 19.4. The highest BCUT2D eigenvalue weighted by atomic mass is 19.4. The lowest BCUT2D eigenvalue weighted by molar-refractivity contribution is -0.137. The number of aromatic nitrogens is 2. The van der Waals surface area contributed by atoms with Gasteiger partial charge in [-0.1, -0.05) is 6.07 Å². The van der Waals surface area contributed by atoms with Crippen LogP contribution in [0.25, 0.3) is 0 Å². The van der Waals surface area contributed by atoms with Crippen LogP contribution in [0.2, 0.25) is 0 Å². The van der Waals surface area contributed by atoms with Gasteiger partial charge in [0, 0.05) is 38.0 Å². The van der Waals surface area contributed by atoms with Crippen molar-refractivity contribution in [2.45, 2.75) is 44.5 Å². The highest BCUT2D eigenvalue weighted by Gasteiger charge is 2.35. The van der Waals surface area contributed by atoms with Gasteiger partial charge in [0.25, 0.3) is 0 Å². The van der Waals surface area contributed by atoms with E-state index in [-0.39, 0.29) is 41.7 Å². The molecule has 0 bridgehead atoms. The first-order valence-corrected chi connectivity index (χ1v) is 11.3. The maximum atomic E-state index is 13.2. The molecule has 188 valence electrons. The van der Waals surface area contributed by atoms with Crippen molar-refractivity contribution < 1.29 is 23.1 Å². The average molecular weight is 492 g/mol. The molecule has 0 spiro atoms. The number of aliphatic hydroxyl groups is 1. The molecule has 9 nitrogen and oxygen atoms in total. The predicted molar refractivity (Wildman–Crippen MR) is 126 cm³/mol. The van der Waals surface area contributed by atoms with Crippen molar-refractivity contribution in [1.82, 2.24) is 15.3 Å². The Morgan fingerprint density at radius 3 is 2.63 bits per heavy atom. The number of carbonyl (C=O) groups is 1. The summed E-state index contributed by atoms with van der Waals surface area (Å²) in [6.45, 7) is 5.11. The number of amides is 1. The maximum absolute atomic E-state index is 13.2. The Morgan fingerprint density at radius 2 is 2.03 bits per heavy atom. The van der Waals surface area contributed by atoms with Crippen LogP contribution in [0, 0.1) is 11.3 Å². The Kier molecular flexibility index (Phi) is 6.58. The molecule has 1 aromatic carbocycles. The number of benzene rings is 1. The molecule has 0 unspecified atom stereocenters. The second kappa shape index (κ2) is 9.33. The molecule has 1 aromatic heterocycles. The molecule has 0 radical (unpaired) electrons. The van der Waals surface area contributed by atoms with Crippen molar-refractivity contribution in [1.29, 1.82) is 5.41 Å². The molecule has 2 aromatic rings. The van der Waals surface area contributed by atoms with Gasteiger partial charge in [-0.25, -0.2) is 0 Å². The fourth-order valence-electron chi connectivity index (χ4n) is 4.37. The van der Waals surface area contributed by atoms with Crippen molar-refractivity contribution in [2.75, 3.05) is 35.2 Å². The summed E-state index contributed by atoms with van der Waals surface area (Å²) in [6.07, 6.45) is -2.58.